The molecule has 1 atom stereocenters. The van der Waals surface area contributed by atoms with Gasteiger partial charge in [0.2, 0.25) is 0 Å². The highest BCUT2D eigenvalue weighted by atomic mass is 127. The minimum Gasteiger partial charge on any atom is -0.372 e. The smallest absolute Gasteiger partial charge is 0.191 e. The molecule has 0 radical (unpaired) electrons. The maximum Gasteiger partial charge on any atom is 0.191 e. The quantitative estimate of drug-likeness (QED) is 0.326. The molecule has 0 aliphatic rings. The van der Waals surface area contributed by atoms with E-state index in [1.54, 1.807) is 7.05 Å². The van der Waals surface area contributed by atoms with Gasteiger partial charge in [-0.25, -0.2) is 0 Å². The lowest BCUT2D eigenvalue weighted by Crippen LogP contribution is -2.43. The van der Waals surface area contributed by atoms with E-state index >= 15 is 0 Å². The lowest BCUT2D eigenvalue weighted by Gasteiger charge is -2.20. The van der Waals surface area contributed by atoms with Gasteiger partial charge in [-0.15, -0.1) is 24.0 Å². The summed E-state index contributed by atoms with van der Waals surface area (Å²) in [5.74, 6) is 1.39. The van der Waals surface area contributed by atoms with Crippen LogP contribution in [0.25, 0.3) is 0 Å². The molecule has 0 heterocycles. The first-order valence-electron chi connectivity index (χ1n) is 9.25. The first kappa shape index (κ1) is 23.4. The fourth-order valence-corrected chi connectivity index (χ4v) is 2.38. The second kappa shape index (κ2) is 12.7. The van der Waals surface area contributed by atoms with Gasteiger partial charge in [-0.05, 0) is 29.5 Å². The van der Waals surface area contributed by atoms with Crippen molar-refractivity contribution < 1.29 is 4.74 Å². The number of nitrogens with zero attached hydrogens (tertiary/aromatic N) is 1. The molecule has 0 bridgehead atoms. The van der Waals surface area contributed by atoms with Crippen molar-refractivity contribution in [1.82, 2.24) is 10.6 Å². The topological polar surface area (TPSA) is 45.7 Å². The molecular formula is C22H32IN3O. The molecule has 0 aliphatic heterocycles. The number of ether oxygens (including phenoxy) is 1. The molecule has 2 aromatic rings. The van der Waals surface area contributed by atoms with E-state index in [1.807, 2.05) is 18.2 Å². The molecule has 2 N–H and O–H groups in total. The summed E-state index contributed by atoms with van der Waals surface area (Å²) in [6, 6.07) is 19.1. The lowest BCUT2D eigenvalue weighted by molar-refractivity contribution is 0.107. The van der Waals surface area contributed by atoms with Crippen LogP contribution in [0, 0.1) is 5.92 Å². The number of hydrogen-bond donors (Lipinski definition) is 2. The number of rotatable bonds is 8. The van der Waals surface area contributed by atoms with Crippen LogP contribution in [0.4, 0.5) is 0 Å². The monoisotopic (exact) mass is 481 g/mol. The van der Waals surface area contributed by atoms with Gasteiger partial charge in [-0.1, -0.05) is 68.4 Å². The van der Waals surface area contributed by atoms with Crippen molar-refractivity contribution in [1.29, 1.82) is 0 Å². The number of halogens is 1. The summed E-state index contributed by atoms with van der Waals surface area (Å²) in [7, 11) is 1.80. The van der Waals surface area contributed by atoms with Gasteiger partial charge in [0.1, 0.15) is 0 Å². The average molecular weight is 481 g/mol. The van der Waals surface area contributed by atoms with Crippen LogP contribution in [0.1, 0.15) is 37.5 Å². The zero-order valence-corrected chi connectivity index (χ0v) is 19.1. The zero-order valence-electron chi connectivity index (χ0n) is 16.7. The summed E-state index contributed by atoms with van der Waals surface area (Å²) in [4.78, 5) is 4.29. The van der Waals surface area contributed by atoms with Crippen LogP contribution in [0.2, 0.25) is 0 Å². The molecule has 0 spiro atoms. The van der Waals surface area contributed by atoms with Crippen LogP contribution in [0.15, 0.2) is 59.6 Å². The maximum atomic E-state index is 5.78. The van der Waals surface area contributed by atoms with Crippen LogP contribution in [0.5, 0.6) is 0 Å². The minimum atomic E-state index is 0. The fourth-order valence-electron chi connectivity index (χ4n) is 2.38. The highest BCUT2D eigenvalue weighted by molar-refractivity contribution is 14.0. The standard InChI is InChI=1S/C22H31N3O.HI/c1-17(2)18(3)25-22(23-4)24-14-19-10-12-21(13-11-19)16-26-15-20-8-6-5-7-9-20;/h5-13,17-18H,14-16H2,1-4H3,(H2,23,24,25);1H. The Kier molecular flexibility index (Phi) is 11.0. The normalized spacial score (nSPS) is 12.4. The number of guanidine groups is 1. The van der Waals surface area contributed by atoms with Crippen LogP contribution in [-0.2, 0) is 24.5 Å². The number of nitrogens with one attached hydrogen (secondary N) is 2. The molecule has 0 fully saturated rings. The summed E-state index contributed by atoms with van der Waals surface area (Å²) >= 11 is 0. The molecule has 148 valence electrons. The van der Waals surface area contributed by atoms with Crippen molar-refractivity contribution in [2.75, 3.05) is 7.05 Å². The molecule has 2 rings (SSSR count). The van der Waals surface area contributed by atoms with Gasteiger partial charge < -0.3 is 15.4 Å². The highest BCUT2D eigenvalue weighted by Gasteiger charge is 2.08. The second-order valence-corrected chi connectivity index (χ2v) is 6.90. The van der Waals surface area contributed by atoms with E-state index in [4.69, 9.17) is 4.74 Å². The molecule has 1 unspecified atom stereocenters. The van der Waals surface area contributed by atoms with Crippen molar-refractivity contribution in [3.63, 3.8) is 0 Å². The molecule has 2 aromatic carbocycles. The Morgan fingerprint density at radius 1 is 0.889 bits per heavy atom. The Balaban J connectivity index is 0.00000364. The summed E-state index contributed by atoms with van der Waals surface area (Å²) < 4.78 is 5.78. The predicted molar refractivity (Wildman–Crippen MR) is 124 cm³/mol. The van der Waals surface area contributed by atoms with Gasteiger partial charge in [0.05, 0.1) is 13.2 Å². The average Bonchev–Trinajstić information content (AvgIpc) is 2.66. The summed E-state index contributed by atoms with van der Waals surface area (Å²) in [6.45, 7) is 8.57. The third-order valence-electron chi connectivity index (χ3n) is 4.45. The van der Waals surface area contributed by atoms with Gasteiger partial charge in [0.15, 0.2) is 5.96 Å². The summed E-state index contributed by atoms with van der Waals surface area (Å²) in [5.41, 5.74) is 3.60. The Bertz CT molecular complexity index is 672. The lowest BCUT2D eigenvalue weighted by atomic mass is 10.1. The first-order chi connectivity index (χ1) is 12.6. The van der Waals surface area contributed by atoms with Crippen molar-refractivity contribution >= 4 is 29.9 Å². The van der Waals surface area contributed by atoms with Crippen molar-refractivity contribution in [2.24, 2.45) is 10.9 Å². The predicted octanol–water partition coefficient (Wildman–Crippen LogP) is 4.73. The van der Waals surface area contributed by atoms with Crippen LogP contribution in [-0.4, -0.2) is 19.0 Å². The van der Waals surface area contributed by atoms with Crippen molar-refractivity contribution in [2.45, 2.75) is 46.6 Å². The maximum absolute atomic E-state index is 5.78. The molecule has 0 saturated heterocycles. The van der Waals surface area contributed by atoms with Crippen LogP contribution in [0.3, 0.4) is 0 Å². The number of hydrogen-bond acceptors (Lipinski definition) is 2. The third-order valence-corrected chi connectivity index (χ3v) is 4.45. The molecule has 0 aliphatic carbocycles. The van der Waals surface area contributed by atoms with E-state index in [0.29, 0.717) is 25.2 Å². The van der Waals surface area contributed by atoms with Gasteiger partial charge in [0, 0.05) is 19.6 Å². The second-order valence-electron chi connectivity index (χ2n) is 6.90. The summed E-state index contributed by atoms with van der Waals surface area (Å²) in [5, 5.41) is 6.77. The molecule has 5 heteroatoms. The van der Waals surface area contributed by atoms with Crippen LogP contribution < -0.4 is 10.6 Å². The largest absolute Gasteiger partial charge is 0.372 e. The van der Waals surface area contributed by atoms with Gasteiger partial charge in [-0.2, -0.15) is 0 Å². The Morgan fingerprint density at radius 3 is 2.00 bits per heavy atom. The Labute approximate surface area is 180 Å². The zero-order chi connectivity index (χ0) is 18.8. The van der Waals surface area contributed by atoms with E-state index < -0.39 is 0 Å². The minimum absolute atomic E-state index is 0. The van der Waals surface area contributed by atoms with E-state index in [1.165, 1.54) is 16.7 Å². The first-order valence-corrected chi connectivity index (χ1v) is 9.25. The molecule has 0 amide bonds. The Morgan fingerprint density at radius 2 is 1.44 bits per heavy atom. The molecule has 4 nitrogen and oxygen atoms in total. The van der Waals surface area contributed by atoms with Gasteiger partial charge in [-0.3, -0.25) is 4.99 Å². The number of aliphatic imine (C=N–C) groups is 1. The van der Waals surface area contributed by atoms with Gasteiger partial charge >= 0.3 is 0 Å². The molecular weight excluding hydrogens is 449 g/mol. The van der Waals surface area contributed by atoms with Gasteiger partial charge in [0.25, 0.3) is 0 Å². The van der Waals surface area contributed by atoms with E-state index in [9.17, 15) is 0 Å². The van der Waals surface area contributed by atoms with Crippen molar-refractivity contribution in [3.8, 4) is 0 Å². The third kappa shape index (κ3) is 8.75. The molecule has 0 aromatic heterocycles. The van der Waals surface area contributed by atoms with E-state index in [0.717, 1.165) is 12.5 Å². The molecule has 27 heavy (non-hydrogen) atoms. The Hall–Kier alpha value is -1.60. The SMILES string of the molecule is CN=C(NCc1ccc(COCc2ccccc2)cc1)NC(C)C(C)C.I. The van der Waals surface area contributed by atoms with E-state index in [-0.39, 0.29) is 24.0 Å². The highest BCUT2D eigenvalue weighted by Crippen LogP contribution is 2.08. The fraction of sp³-hybridized carbons (Fsp3) is 0.409. The van der Waals surface area contributed by atoms with Crippen LogP contribution >= 0.6 is 24.0 Å². The van der Waals surface area contributed by atoms with E-state index in [2.05, 4.69) is 72.8 Å². The van der Waals surface area contributed by atoms with Crippen molar-refractivity contribution in [3.05, 3.63) is 71.3 Å². The summed E-state index contributed by atoms with van der Waals surface area (Å²) in [6.07, 6.45) is 0. The molecule has 0 saturated carbocycles. The number of benzene rings is 2.